The van der Waals surface area contributed by atoms with Gasteiger partial charge in [-0.3, -0.25) is 62.3 Å². The van der Waals surface area contributed by atoms with Crippen LogP contribution in [-0.2, 0) is 68.7 Å². The molecule has 438 valence electrons. The molecule has 0 aromatic heterocycles. The third-order valence-corrected chi connectivity index (χ3v) is 13.8. The zero-order valence-corrected chi connectivity index (χ0v) is 45.2. The number of fused-ring (bicyclic) bond motifs is 1. The first-order chi connectivity index (χ1) is 37.4. The molecule has 9 atom stereocenters. The summed E-state index contributed by atoms with van der Waals surface area (Å²) < 4.78 is 0. The fraction of sp³-hybridized carbons (Fsp3) is 0.635. The van der Waals surface area contributed by atoms with Crippen LogP contribution in [0.1, 0.15) is 148 Å². The average Bonchev–Trinajstić information content (AvgIpc) is 3.87. The Morgan fingerprint density at radius 2 is 0.975 bits per heavy atom. The summed E-state index contributed by atoms with van der Waals surface area (Å²) in [5.41, 5.74) is 27.8. The predicted octanol–water partition coefficient (Wildman–Crippen LogP) is -2.56. The molecule has 2 fully saturated rings. The van der Waals surface area contributed by atoms with Crippen LogP contribution in [0.2, 0.25) is 0 Å². The van der Waals surface area contributed by atoms with E-state index >= 15 is 0 Å². The Bertz CT molecular complexity index is 2340. The van der Waals surface area contributed by atoms with Gasteiger partial charge in [-0.1, -0.05) is 90.2 Å². The fourth-order valence-corrected chi connectivity index (χ4v) is 9.28. The minimum absolute atomic E-state index is 0.0199. The second kappa shape index (κ2) is 33.4. The SMILES string of the molecule is CC[C@H](C)CCCCCCCCCC[C@H]1CC(=O)N[C@@H](CC(N)=O)C(=O)N[C@H](Cc2ccc(O)cc2)C(=O)N[C@H](CC(N)=O)C(=O)N[C@@H](CCC(N)=O)C(=O)N2CCC[C@@H]2C(=O)N[C@H](CC(N)=O)C(=O)N[C@@H](CC(N)=O)C(=O)N1. The van der Waals surface area contributed by atoms with Crippen LogP contribution >= 0.6 is 0 Å². The van der Waals surface area contributed by atoms with Crippen molar-refractivity contribution in [1.29, 1.82) is 0 Å². The number of hydrogen-bond donors (Lipinski definition) is 13. The van der Waals surface area contributed by atoms with Crippen LogP contribution < -0.4 is 65.9 Å². The first kappa shape index (κ1) is 65.4. The summed E-state index contributed by atoms with van der Waals surface area (Å²) in [5, 5.41) is 27.0. The first-order valence-corrected chi connectivity index (χ1v) is 27.0. The summed E-state index contributed by atoms with van der Waals surface area (Å²) >= 11 is 0. The van der Waals surface area contributed by atoms with Crippen molar-refractivity contribution in [3.05, 3.63) is 29.8 Å². The third-order valence-electron chi connectivity index (χ3n) is 13.8. The van der Waals surface area contributed by atoms with Crippen molar-refractivity contribution in [1.82, 2.24) is 42.1 Å². The fourth-order valence-electron chi connectivity index (χ4n) is 9.28. The molecule has 0 spiro atoms. The number of carbonyl (C=O) groups is 13. The van der Waals surface area contributed by atoms with Crippen LogP contribution in [0.3, 0.4) is 0 Å². The van der Waals surface area contributed by atoms with Gasteiger partial charge in [0, 0.05) is 31.8 Å². The van der Waals surface area contributed by atoms with Crippen molar-refractivity contribution in [3.63, 3.8) is 0 Å². The van der Waals surface area contributed by atoms with Gasteiger partial charge < -0.3 is 75.9 Å². The molecule has 3 rings (SSSR count). The van der Waals surface area contributed by atoms with Crippen LogP contribution in [0.5, 0.6) is 5.75 Å². The number of unbranched alkanes of at least 4 members (excludes halogenated alkanes) is 7. The van der Waals surface area contributed by atoms with Gasteiger partial charge in [0.05, 0.1) is 25.7 Å². The number of phenols is 1. The van der Waals surface area contributed by atoms with E-state index in [1.807, 2.05) is 0 Å². The molecule has 0 unspecified atom stereocenters. The standard InChI is InChI=1S/C52H81N13O14/c1-3-29(2)13-10-8-6-4-5-7-9-11-14-31-24-45(72)59-35(25-41(54)68)48(75)61-34(23-30-16-18-32(66)19-17-30)47(74)63-37(27-43(56)70)49(76)60-33(20-21-40(53)67)52(79)65-22-12-15-39(65)51(78)64-38(28-44(57)71)50(77)62-36(26-42(55)69)46(73)58-31/h16-19,29,31,33-39,66H,3-15,20-28H2,1-2H3,(H2,53,67)(H2,54,68)(H2,55,69)(H2,56,70)(H2,57,71)(H,58,73)(H,59,72)(H,60,76)(H,61,75)(H,62,77)(H,63,74)(H,64,78)/t29-,31-,33-,34+,35-,36-,37+,38+,39+/m0/s1. The zero-order chi connectivity index (χ0) is 58.8. The molecule has 27 nitrogen and oxygen atoms in total. The van der Waals surface area contributed by atoms with E-state index in [2.05, 4.69) is 51.1 Å². The molecule has 2 saturated heterocycles. The van der Waals surface area contributed by atoms with Crippen molar-refractivity contribution in [2.75, 3.05) is 6.54 Å². The highest BCUT2D eigenvalue weighted by Gasteiger charge is 2.41. The Balaban J connectivity index is 2.13. The summed E-state index contributed by atoms with van der Waals surface area (Å²) in [7, 11) is 0. The third kappa shape index (κ3) is 24.1. The Kier molecular flexibility index (Phi) is 27.7. The molecule has 2 heterocycles. The topological polar surface area (TPSA) is 460 Å². The number of rotatable bonds is 25. The molecule has 0 bridgehead atoms. The lowest BCUT2D eigenvalue weighted by molar-refractivity contribution is -0.143. The maximum Gasteiger partial charge on any atom is 0.245 e. The lowest BCUT2D eigenvalue weighted by atomic mass is 9.99. The molecule has 0 radical (unpaired) electrons. The lowest BCUT2D eigenvalue weighted by Crippen LogP contribution is -2.60. The van der Waals surface area contributed by atoms with E-state index in [-0.39, 0.29) is 38.0 Å². The molecule has 0 saturated carbocycles. The van der Waals surface area contributed by atoms with Crippen molar-refractivity contribution in [2.45, 2.75) is 197 Å². The van der Waals surface area contributed by atoms with Crippen molar-refractivity contribution < 1.29 is 67.4 Å². The minimum atomic E-state index is -1.87. The summed E-state index contributed by atoms with van der Waals surface area (Å²) in [6, 6.07) is -7.62. The highest BCUT2D eigenvalue weighted by molar-refractivity contribution is 6.01. The van der Waals surface area contributed by atoms with Gasteiger partial charge in [-0.05, 0) is 49.3 Å². The molecule has 27 heteroatoms. The number of carbonyl (C=O) groups excluding carboxylic acids is 13. The second-order valence-corrected chi connectivity index (χ2v) is 20.5. The Hall–Kier alpha value is -7.87. The maximum absolute atomic E-state index is 14.3. The van der Waals surface area contributed by atoms with Gasteiger partial charge in [-0.15, -0.1) is 0 Å². The van der Waals surface area contributed by atoms with Gasteiger partial charge in [0.15, 0.2) is 0 Å². The number of nitrogens with one attached hydrogen (secondary N) is 7. The summed E-state index contributed by atoms with van der Waals surface area (Å²) in [6.45, 7) is 4.29. The molecule has 18 N–H and O–H groups in total. The van der Waals surface area contributed by atoms with E-state index in [0.29, 0.717) is 24.3 Å². The normalized spacial score (nSPS) is 23.6. The molecule has 13 amide bonds. The molecule has 79 heavy (non-hydrogen) atoms. The number of benzene rings is 1. The minimum Gasteiger partial charge on any atom is -0.508 e. The van der Waals surface area contributed by atoms with Crippen LogP contribution in [-0.4, -0.2) is 142 Å². The van der Waals surface area contributed by atoms with Gasteiger partial charge in [0.2, 0.25) is 76.8 Å². The van der Waals surface area contributed by atoms with Crippen LogP contribution in [0, 0.1) is 5.92 Å². The summed E-state index contributed by atoms with van der Waals surface area (Å²) in [5.74, 6) is -13.2. The maximum atomic E-state index is 14.3. The lowest BCUT2D eigenvalue weighted by Gasteiger charge is -2.31. The monoisotopic (exact) mass is 1110 g/mol. The van der Waals surface area contributed by atoms with Crippen molar-refractivity contribution in [2.24, 2.45) is 34.6 Å². The van der Waals surface area contributed by atoms with E-state index < -0.39 is 170 Å². The van der Waals surface area contributed by atoms with Crippen molar-refractivity contribution in [3.8, 4) is 5.75 Å². The highest BCUT2D eigenvalue weighted by Crippen LogP contribution is 2.22. The van der Waals surface area contributed by atoms with E-state index in [0.717, 1.165) is 49.8 Å². The number of nitrogens with zero attached hydrogens (tertiary/aromatic N) is 1. The number of phenolic OH excluding ortho intramolecular Hbond substituents is 1. The second-order valence-electron chi connectivity index (χ2n) is 20.5. The Labute approximate surface area is 458 Å². The van der Waals surface area contributed by atoms with E-state index in [1.54, 1.807) is 0 Å². The van der Waals surface area contributed by atoms with Gasteiger partial charge in [-0.25, -0.2) is 0 Å². The Morgan fingerprint density at radius 1 is 0.544 bits per heavy atom. The summed E-state index contributed by atoms with van der Waals surface area (Å²) in [4.78, 5) is 176. The molecular formula is C52H81N13O14. The molecule has 0 aliphatic carbocycles. The van der Waals surface area contributed by atoms with E-state index in [4.69, 9.17) is 28.7 Å². The zero-order valence-electron chi connectivity index (χ0n) is 45.2. The summed E-state index contributed by atoms with van der Waals surface area (Å²) in [6.07, 6.45) is 4.61. The van der Waals surface area contributed by atoms with Crippen LogP contribution in [0.4, 0.5) is 0 Å². The van der Waals surface area contributed by atoms with E-state index in [1.165, 1.54) is 30.7 Å². The Morgan fingerprint density at radius 3 is 1.47 bits per heavy atom. The molecule has 2 aliphatic rings. The van der Waals surface area contributed by atoms with Crippen molar-refractivity contribution >= 4 is 76.8 Å². The number of aromatic hydroxyl groups is 1. The van der Waals surface area contributed by atoms with Gasteiger partial charge in [-0.2, -0.15) is 0 Å². The van der Waals surface area contributed by atoms with Crippen LogP contribution in [0.15, 0.2) is 24.3 Å². The molecular weight excluding hydrogens is 1030 g/mol. The smallest absolute Gasteiger partial charge is 0.245 e. The number of amides is 13. The number of primary amides is 5. The number of hydrogen-bond acceptors (Lipinski definition) is 14. The highest BCUT2D eigenvalue weighted by atomic mass is 16.3. The first-order valence-electron chi connectivity index (χ1n) is 27.0. The average molecular weight is 1110 g/mol. The van der Waals surface area contributed by atoms with Gasteiger partial charge in [0.1, 0.15) is 48.0 Å². The van der Waals surface area contributed by atoms with Crippen LogP contribution in [0.25, 0.3) is 0 Å². The molecule has 1 aromatic carbocycles. The molecule has 1 aromatic rings. The van der Waals surface area contributed by atoms with E-state index in [9.17, 15) is 67.4 Å². The predicted molar refractivity (Wildman–Crippen MR) is 284 cm³/mol. The molecule has 2 aliphatic heterocycles. The van der Waals surface area contributed by atoms with Gasteiger partial charge >= 0.3 is 0 Å². The van der Waals surface area contributed by atoms with Gasteiger partial charge in [0.25, 0.3) is 0 Å². The largest absolute Gasteiger partial charge is 0.508 e. The quantitative estimate of drug-likeness (QED) is 0.0448. The number of nitrogens with two attached hydrogens (primary N) is 5.